The smallest absolute Gasteiger partial charge is 0.310 e. The van der Waals surface area contributed by atoms with Crippen LogP contribution in [0.3, 0.4) is 0 Å². The molecule has 2 rings (SSSR count). The summed E-state index contributed by atoms with van der Waals surface area (Å²) in [5, 5.41) is 13.9. The highest BCUT2D eigenvalue weighted by molar-refractivity contribution is 6.33. The normalized spacial score (nSPS) is 10.2. The second-order valence-corrected chi connectivity index (χ2v) is 4.28. The zero-order chi connectivity index (χ0) is 13.8. The van der Waals surface area contributed by atoms with E-state index in [1.165, 1.54) is 18.2 Å². The van der Waals surface area contributed by atoms with Gasteiger partial charge in [0, 0.05) is 6.54 Å². The first kappa shape index (κ1) is 13.3. The summed E-state index contributed by atoms with van der Waals surface area (Å²) in [5.41, 5.74) is 0.990. The molecule has 0 aromatic heterocycles. The van der Waals surface area contributed by atoms with Crippen LogP contribution < -0.4 is 5.32 Å². The monoisotopic (exact) mass is 280 g/mol. The molecule has 98 valence electrons. The van der Waals surface area contributed by atoms with E-state index in [2.05, 4.69) is 5.32 Å². The van der Waals surface area contributed by atoms with Gasteiger partial charge in [0.1, 0.15) is 16.5 Å². The Hall–Kier alpha value is -2.14. The molecule has 0 aliphatic rings. The van der Waals surface area contributed by atoms with E-state index in [0.717, 1.165) is 5.56 Å². The second-order valence-electron chi connectivity index (χ2n) is 3.87. The predicted octanol–water partition coefficient (Wildman–Crippen LogP) is 4.00. The van der Waals surface area contributed by atoms with E-state index in [1.54, 1.807) is 24.3 Å². The van der Waals surface area contributed by atoms with E-state index < -0.39 is 4.92 Å². The van der Waals surface area contributed by atoms with Gasteiger partial charge < -0.3 is 5.32 Å². The Bertz CT molecular complexity index is 602. The molecule has 0 spiro atoms. The number of nitro benzene ring substituents is 1. The molecule has 1 N–H and O–H groups in total. The van der Waals surface area contributed by atoms with Crippen molar-refractivity contribution in [3.63, 3.8) is 0 Å². The van der Waals surface area contributed by atoms with Crippen LogP contribution in [0.1, 0.15) is 5.56 Å². The average Bonchev–Trinajstić information content (AvgIpc) is 2.37. The standard InChI is InChI=1S/C13H10ClFN2O2/c14-11-2-1-3-12(13(11)17(18)19)16-8-9-4-6-10(15)7-5-9/h1-7,16H,8H2. The van der Waals surface area contributed by atoms with Gasteiger partial charge in [0.15, 0.2) is 0 Å². The lowest BCUT2D eigenvalue weighted by atomic mass is 10.2. The van der Waals surface area contributed by atoms with E-state index in [4.69, 9.17) is 11.6 Å². The summed E-state index contributed by atoms with van der Waals surface area (Å²) in [7, 11) is 0. The van der Waals surface area contributed by atoms with Crippen LogP contribution in [0, 0.1) is 15.9 Å². The molecule has 0 bridgehead atoms. The number of nitro groups is 1. The average molecular weight is 281 g/mol. The van der Waals surface area contributed by atoms with E-state index in [-0.39, 0.29) is 16.5 Å². The third-order valence-corrected chi connectivity index (χ3v) is 2.87. The molecular weight excluding hydrogens is 271 g/mol. The molecule has 0 saturated heterocycles. The van der Waals surface area contributed by atoms with Gasteiger partial charge >= 0.3 is 5.69 Å². The summed E-state index contributed by atoms with van der Waals surface area (Å²) in [5.74, 6) is -0.322. The van der Waals surface area contributed by atoms with Gasteiger partial charge in [0.25, 0.3) is 0 Å². The zero-order valence-electron chi connectivity index (χ0n) is 9.77. The van der Waals surface area contributed by atoms with Crippen molar-refractivity contribution < 1.29 is 9.31 Å². The van der Waals surface area contributed by atoms with Crippen LogP contribution in [0.2, 0.25) is 5.02 Å². The second kappa shape index (κ2) is 5.67. The minimum atomic E-state index is -0.532. The maximum Gasteiger partial charge on any atom is 0.310 e. The van der Waals surface area contributed by atoms with Crippen molar-refractivity contribution in [2.24, 2.45) is 0 Å². The molecule has 0 unspecified atom stereocenters. The summed E-state index contributed by atoms with van der Waals surface area (Å²) in [4.78, 5) is 10.4. The molecule has 0 heterocycles. The highest BCUT2D eigenvalue weighted by atomic mass is 35.5. The molecule has 19 heavy (non-hydrogen) atoms. The number of halogens is 2. The third kappa shape index (κ3) is 3.20. The van der Waals surface area contributed by atoms with Gasteiger partial charge in [-0.2, -0.15) is 0 Å². The Balaban J connectivity index is 2.18. The molecule has 0 saturated carbocycles. The van der Waals surface area contributed by atoms with Gasteiger partial charge in [0.05, 0.1) is 4.92 Å². The van der Waals surface area contributed by atoms with Gasteiger partial charge in [-0.3, -0.25) is 10.1 Å². The Morgan fingerprint density at radius 3 is 2.53 bits per heavy atom. The quantitative estimate of drug-likeness (QED) is 0.680. The molecule has 6 heteroatoms. The Morgan fingerprint density at radius 2 is 1.89 bits per heavy atom. The first-order chi connectivity index (χ1) is 9.08. The van der Waals surface area contributed by atoms with Crippen LogP contribution in [0.15, 0.2) is 42.5 Å². The topological polar surface area (TPSA) is 55.2 Å². The first-order valence-corrected chi connectivity index (χ1v) is 5.87. The predicted molar refractivity (Wildman–Crippen MR) is 71.8 cm³/mol. The van der Waals surface area contributed by atoms with Gasteiger partial charge in [-0.05, 0) is 29.8 Å². The molecule has 0 fully saturated rings. The van der Waals surface area contributed by atoms with E-state index in [0.29, 0.717) is 12.2 Å². The first-order valence-electron chi connectivity index (χ1n) is 5.49. The summed E-state index contributed by atoms with van der Waals surface area (Å²) < 4.78 is 12.7. The maximum absolute atomic E-state index is 12.7. The number of hydrogen-bond donors (Lipinski definition) is 1. The fourth-order valence-electron chi connectivity index (χ4n) is 1.64. The van der Waals surface area contributed by atoms with Crippen molar-refractivity contribution in [3.05, 3.63) is 69.0 Å². The number of nitrogens with one attached hydrogen (secondary N) is 1. The van der Waals surface area contributed by atoms with Crippen molar-refractivity contribution in [1.82, 2.24) is 0 Å². The molecule has 0 aliphatic heterocycles. The summed E-state index contributed by atoms with van der Waals surface area (Å²) in [6, 6.07) is 10.6. The minimum Gasteiger partial charge on any atom is -0.375 e. The molecule has 2 aromatic carbocycles. The van der Waals surface area contributed by atoms with E-state index in [9.17, 15) is 14.5 Å². The Kier molecular flexibility index (Phi) is 3.97. The number of para-hydroxylation sites is 1. The maximum atomic E-state index is 12.7. The molecule has 2 aromatic rings. The number of rotatable bonds is 4. The fraction of sp³-hybridized carbons (Fsp3) is 0.0769. The highest BCUT2D eigenvalue weighted by Crippen LogP contribution is 2.32. The van der Waals surface area contributed by atoms with Crippen molar-refractivity contribution in [1.29, 1.82) is 0 Å². The van der Waals surface area contributed by atoms with Gasteiger partial charge in [-0.15, -0.1) is 0 Å². The molecule has 0 amide bonds. The van der Waals surface area contributed by atoms with Crippen LogP contribution in [0.5, 0.6) is 0 Å². The largest absolute Gasteiger partial charge is 0.375 e. The van der Waals surface area contributed by atoms with Crippen LogP contribution in [0.25, 0.3) is 0 Å². The highest BCUT2D eigenvalue weighted by Gasteiger charge is 2.17. The summed E-state index contributed by atoms with van der Waals surface area (Å²) in [6.07, 6.45) is 0. The van der Waals surface area contributed by atoms with Crippen LogP contribution in [0.4, 0.5) is 15.8 Å². The van der Waals surface area contributed by atoms with Gasteiger partial charge in [0.2, 0.25) is 0 Å². The summed E-state index contributed by atoms with van der Waals surface area (Å²) >= 11 is 5.80. The van der Waals surface area contributed by atoms with Crippen LogP contribution >= 0.6 is 11.6 Å². The lowest BCUT2D eigenvalue weighted by Crippen LogP contribution is -2.03. The van der Waals surface area contributed by atoms with Crippen LogP contribution in [-0.2, 0) is 6.54 Å². The number of benzene rings is 2. The SMILES string of the molecule is O=[N+]([O-])c1c(Cl)cccc1NCc1ccc(F)cc1. The van der Waals surface area contributed by atoms with Crippen molar-refractivity contribution in [2.75, 3.05) is 5.32 Å². The Morgan fingerprint density at radius 1 is 1.21 bits per heavy atom. The molecule has 0 aliphatic carbocycles. The van der Waals surface area contributed by atoms with E-state index in [1.807, 2.05) is 0 Å². The molecule has 0 atom stereocenters. The molecule has 0 radical (unpaired) electrons. The molecule has 4 nitrogen and oxygen atoms in total. The summed E-state index contributed by atoms with van der Waals surface area (Å²) in [6.45, 7) is 0.349. The molecular formula is C13H10ClFN2O2. The van der Waals surface area contributed by atoms with Gasteiger partial charge in [-0.1, -0.05) is 29.8 Å². The number of hydrogen-bond acceptors (Lipinski definition) is 3. The van der Waals surface area contributed by atoms with Gasteiger partial charge in [-0.25, -0.2) is 4.39 Å². The van der Waals surface area contributed by atoms with Crippen molar-refractivity contribution in [3.8, 4) is 0 Å². The lowest BCUT2D eigenvalue weighted by Gasteiger charge is -2.08. The minimum absolute atomic E-state index is 0.0779. The number of anilines is 1. The van der Waals surface area contributed by atoms with E-state index >= 15 is 0 Å². The fourth-order valence-corrected chi connectivity index (χ4v) is 1.89. The Labute approximate surface area is 114 Å². The zero-order valence-corrected chi connectivity index (χ0v) is 10.5. The lowest BCUT2D eigenvalue weighted by molar-refractivity contribution is -0.383. The van der Waals surface area contributed by atoms with Crippen LogP contribution in [-0.4, -0.2) is 4.92 Å². The third-order valence-electron chi connectivity index (χ3n) is 2.57. The van der Waals surface area contributed by atoms with Crippen molar-refractivity contribution in [2.45, 2.75) is 6.54 Å². The van der Waals surface area contributed by atoms with Crippen molar-refractivity contribution >= 4 is 23.0 Å². The number of nitrogens with zero attached hydrogens (tertiary/aromatic N) is 1.